The summed E-state index contributed by atoms with van der Waals surface area (Å²) in [6.45, 7) is 4.89. The minimum Gasteiger partial charge on any atom is -0.481 e. The molecule has 106 valence electrons. The number of rotatable bonds is 9. The molecule has 0 bridgehead atoms. The first-order chi connectivity index (χ1) is 8.45. The van der Waals surface area contributed by atoms with Crippen molar-refractivity contribution < 1.29 is 24.2 Å². The predicted molar refractivity (Wildman–Crippen MR) is 66.3 cm³/mol. The number of methoxy groups -OCH3 is 2. The summed E-state index contributed by atoms with van der Waals surface area (Å²) in [5, 5.41) is 8.92. The molecule has 0 saturated carbocycles. The molecule has 18 heavy (non-hydrogen) atoms. The summed E-state index contributed by atoms with van der Waals surface area (Å²) >= 11 is 0. The summed E-state index contributed by atoms with van der Waals surface area (Å²) in [6, 6.07) is 0. The molecule has 0 aliphatic carbocycles. The largest absolute Gasteiger partial charge is 0.481 e. The SMILES string of the molecule is COCCN(CCOC)C(=O)C(C)C(C)C(=O)O. The molecule has 0 saturated heterocycles. The fraction of sp³-hybridized carbons (Fsp3) is 0.833. The van der Waals surface area contributed by atoms with Gasteiger partial charge in [0.1, 0.15) is 0 Å². The molecule has 0 aromatic carbocycles. The van der Waals surface area contributed by atoms with Crippen molar-refractivity contribution in [1.29, 1.82) is 0 Å². The van der Waals surface area contributed by atoms with Gasteiger partial charge in [-0.15, -0.1) is 0 Å². The normalized spacial score (nSPS) is 14.0. The third-order valence-electron chi connectivity index (χ3n) is 2.97. The Balaban J connectivity index is 4.55. The van der Waals surface area contributed by atoms with E-state index in [1.807, 2.05) is 0 Å². The molecule has 0 rings (SSSR count). The number of carboxylic acid groups (broad SMARTS) is 1. The van der Waals surface area contributed by atoms with Gasteiger partial charge in [0.15, 0.2) is 0 Å². The Labute approximate surface area is 108 Å². The Kier molecular flexibility index (Phi) is 8.32. The Morgan fingerprint density at radius 2 is 1.50 bits per heavy atom. The Hall–Kier alpha value is -1.14. The molecule has 0 aliphatic rings. The summed E-state index contributed by atoms with van der Waals surface area (Å²) in [4.78, 5) is 24.6. The van der Waals surface area contributed by atoms with Gasteiger partial charge >= 0.3 is 5.97 Å². The lowest BCUT2D eigenvalue weighted by molar-refractivity contribution is -0.149. The van der Waals surface area contributed by atoms with Gasteiger partial charge in [0.05, 0.1) is 19.1 Å². The van der Waals surface area contributed by atoms with Crippen molar-refractivity contribution in [2.24, 2.45) is 11.8 Å². The van der Waals surface area contributed by atoms with Crippen molar-refractivity contribution in [1.82, 2.24) is 4.90 Å². The first kappa shape index (κ1) is 16.9. The zero-order valence-electron chi connectivity index (χ0n) is 11.5. The Morgan fingerprint density at radius 3 is 1.83 bits per heavy atom. The predicted octanol–water partition coefficient (Wildman–Crippen LogP) is 0.465. The number of carbonyl (C=O) groups excluding carboxylic acids is 1. The lowest BCUT2D eigenvalue weighted by Gasteiger charge is -2.26. The van der Waals surface area contributed by atoms with Crippen LogP contribution in [0.5, 0.6) is 0 Å². The Morgan fingerprint density at radius 1 is 1.06 bits per heavy atom. The number of ether oxygens (including phenoxy) is 2. The molecule has 1 N–H and O–H groups in total. The van der Waals surface area contributed by atoms with Crippen LogP contribution in [-0.4, -0.2) is 62.4 Å². The molecule has 0 heterocycles. The van der Waals surface area contributed by atoms with E-state index >= 15 is 0 Å². The van der Waals surface area contributed by atoms with Crippen LogP contribution in [0, 0.1) is 11.8 Å². The molecular weight excluding hydrogens is 238 g/mol. The van der Waals surface area contributed by atoms with Crippen LogP contribution >= 0.6 is 0 Å². The molecule has 0 fully saturated rings. The second kappa shape index (κ2) is 8.88. The van der Waals surface area contributed by atoms with E-state index in [0.29, 0.717) is 26.3 Å². The van der Waals surface area contributed by atoms with Crippen molar-refractivity contribution in [3.8, 4) is 0 Å². The third-order valence-corrected chi connectivity index (χ3v) is 2.97. The van der Waals surface area contributed by atoms with E-state index in [1.54, 1.807) is 26.0 Å². The standard InChI is InChI=1S/C12H23NO5/c1-9(10(2)12(15)16)11(14)13(5-7-17-3)6-8-18-4/h9-10H,5-8H2,1-4H3,(H,15,16). The molecule has 0 spiro atoms. The van der Waals surface area contributed by atoms with E-state index in [-0.39, 0.29) is 5.91 Å². The van der Waals surface area contributed by atoms with Crippen LogP contribution in [0.25, 0.3) is 0 Å². The van der Waals surface area contributed by atoms with Crippen LogP contribution in [0.4, 0.5) is 0 Å². The van der Waals surface area contributed by atoms with Gasteiger partial charge in [0.2, 0.25) is 5.91 Å². The van der Waals surface area contributed by atoms with Crippen molar-refractivity contribution in [2.75, 3.05) is 40.5 Å². The quantitative estimate of drug-likeness (QED) is 0.652. The van der Waals surface area contributed by atoms with Gasteiger partial charge in [-0.3, -0.25) is 9.59 Å². The van der Waals surface area contributed by atoms with Crippen LogP contribution < -0.4 is 0 Å². The highest BCUT2D eigenvalue weighted by molar-refractivity contribution is 5.84. The van der Waals surface area contributed by atoms with Crippen LogP contribution in [0.15, 0.2) is 0 Å². The zero-order chi connectivity index (χ0) is 14.1. The molecule has 6 nitrogen and oxygen atoms in total. The average Bonchev–Trinajstić information content (AvgIpc) is 2.36. The maximum absolute atomic E-state index is 12.2. The first-order valence-electron chi connectivity index (χ1n) is 5.95. The topological polar surface area (TPSA) is 76.1 Å². The Bertz CT molecular complexity index is 261. The number of nitrogens with zero attached hydrogens (tertiary/aromatic N) is 1. The average molecular weight is 261 g/mol. The summed E-state index contributed by atoms with van der Waals surface area (Å²) in [6.07, 6.45) is 0. The number of amides is 1. The van der Waals surface area contributed by atoms with Gasteiger partial charge in [-0.2, -0.15) is 0 Å². The van der Waals surface area contributed by atoms with E-state index in [0.717, 1.165) is 0 Å². The third kappa shape index (κ3) is 5.46. The van der Waals surface area contributed by atoms with Gasteiger partial charge in [0, 0.05) is 33.2 Å². The number of aliphatic carboxylic acids is 1. The summed E-state index contributed by atoms with van der Waals surface area (Å²) < 4.78 is 9.88. The minimum absolute atomic E-state index is 0.181. The molecule has 2 unspecified atom stereocenters. The van der Waals surface area contributed by atoms with E-state index < -0.39 is 17.8 Å². The molecule has 0 aromatic rings. The van der Waals surface area contributed by atoms with Crippen molar-refractivity contribution in [3.05, 3.63) is 0 Å². The van der Waals surface area contributed by atoms with Gasteiger partial charge in [-0.25, -0.2) is 0 Å². The maximum Gasteiger partial charge on any atom is 0.307 e. The monoisotopic (exact) mass is 261 g/mol. The molecule has 1 amide bonds. The lowest BCUT2D eigenvalue weighted by Crippen LogP contribution is -2.42. The molecule has 2 atom stereocenters. The summed E-state index contributed by atoms with van der Waals surface area (Å²) in [7, 11) is 3.12. The molecule has 0 radical (unpaired) electrons. The molecule has 0 aromatic heterocycles. The number of carboxylic acids is 1. The smallest absolute Gasteiger partial charge is 0.307 e. The van der Waals surface area contributed by atoms with Crippen LogP contribution in [0.3, 0.4) is 0 Å². The van der Waals surface area contributed by atoms with Crippen molar-refractivity contribution >= 4 is 11.9 Å². The number of carbonyl (C=O) groups is 2. The number of hydrogen-bond donors (Lipinski definition) is 1. The highest BCUT2D eigenvalue weighted by Crippen LogP contribution is 2.14. The fourth-order valence-electron chi connectivity index (χ4n) is 1.45. The summed E-state index contributed by atoms with van der Waals surface area (Å²) in [5.41, 5.74) is 0. The molecular formula is C12H23NO5. The van der Waals surface area contributed by atoms with E-state index in [1.165, 1.54) is 6.92 Å². The van der Waals surface area contributed by atoms with E-state index in [4.69, 9.17) is 14.6 Å². The van der Waals surface area contributed by atoms with E-state index in [9.17, 15) is 9.59 Å². The lowest BCUT2D eigenvalue weighted by atomic mass is 9.94. The summed E-state index contributed by atoms with van der Waals surface area (Å²) in [5.74, 6) is -2.41. The first-order valence-corrected chi connectivity index (χ1v) is 5.95. The highest BCUT2D eigenvalue weighted by atomic mass is 16.5. The van der Waals surface area contributed by atoms with Crippen molar-refractivity contribution in [2.45, 2.75) is 13.8 Å². The van der Waals surface area contributed by atoms with Gasteiger partial charge in [-0.1, -0.05) is 13.8 Å². The van der Waals surface area contributed by atoms with Crippen LogP contribution in [0.1, 0.15) is 13.8 Å². The zero-order valence-corrected chi connectivity index (χ0v) is 11.5. The van der Waals surface area contributed by atoms with Gasteiger partial charge in [0.25, 0.3) is 0 Å². The van der Waals surface area contributed by atoms with Crippen LogP contribution in [-0.2, 0) is 19.1 Å². The second-order valence-corrected chi connectivity index (χ2v) is 4.23. The maximum atomic E-state index is 12.2. The van der Waals surface area contributed by atoms with Crippen LogP contribution in [0.2, 0.25) is 0 Å². The van der Waals surface area contributed by atoms with Crippen molar-refractivity contribution in [3.63, 3.8) is 0 Å². The molecule has 0 aliphatic heterocycles. The second-order valence-electron chi connectivity index (χ2n) is 4.23. The van der Waals surface area contributed by atoms with Gasteiger partial charge in [-0.05, 0) is 0 Å². The minimum atomic E-state index is -0.964. The van der Waals surface area contributed by atoms with Gasteiger partial charge < -0.3 is 19.5 Å². The molecule has 6 heteroatoms. The number of hydrogen-bond acceptors (Lipinski definition) is 4. The van der Waals surface area contributed by atoms with E-state index in [2.05, 4.69) is 0 Å². The fourth-order valence-corrected chi connectivity index (χ4v) is 1.45. The highest BCUT2D eigenvalue weighted by Gasteiger charge is 2.29.